The second-order valence-electron chi connectivity index (χ2n) is 5.78. The second kappa shape index (κ2) is 7.05. The number of amides is 2. The predicted octanol–water partition coefficient (Wildman–Crippen LogP) is 3.32. The molecule has 0 saturated carbocycles. The molecule has 2 aromatic rings. The van der Waals surface area contributed by atoms with Crippen LogP contribution in [-0.2, 0) is 22.6 Å². The molecule has 0 fully saturated rings. The van der Waals surface area contributed by atoms with E-state index >= 15 is 0 Å². The molecular formula is C19H19ClN2O2. The van der Waals surface area contributed by atoms with Gasteiger partial charge in [0.05, 0.1) is 0 Å². The molecule has 0 bridgehead atoms. The summed E-state index contributed by atoms with van der Waals surface area (Å²) in [6.45, 7) is 2.15. The van der Waals surface area contributed by atoms with Gasteiger partial charge in [0.25, 0.3) is 0 Å². The molecule has 5 heteroatoms. The monoisotopic (exact) mass is 342 g/mol. The molecule has 1 aliphatic rings. The summed E-state index contributed by atoms with van der Waals surface area (Å²) in [5.74, 6) is -0.203. The van der Waals surface area contributed by atoms with Gasteiger partial charge in [0.15, 0.2) is 0 Å². The highest BCUT2D eigenvalue weighted by Gasteiger charge is 2.37. The highest BCUT2D eigenvalue weighted by Crippen LogP contribution is 2.32. The van der Waals surface area contributed by atoms with Crippen LogP contribution < -0.4 is 10.2 Å². The smallest absolute Gasteiger partial charge is 0.243 e. The van der Waals surface area contributed by atoms with Gasteiger partial charge >= 0.3 is 0 Å². The van der Waals surface area contributed by atoms with E-state index in [2.05, 4.69) is 5.32 Å². The normalized spacial score (nSPS) is 15.9. The van der Waals surface area contributed by atoms with E-state index in [-0.39, 0.29) is 11.8 Å². The van der Waals surface area contributed by atoms with E-state index < -0.39 is 6.04 Å². The molecule has 1 aliphatic heterocycles. The Balaban J connectivity index is 1.77. The molecule has 0 aliphatic carbocycles. The van der Waals surface area contributed by atoms with Gasteiger partial charge in [0.2, 0.25) is 11.8 Å². The fourth-order valence-electron chi connectivity index (χ4n) is 3.02. The maximum Gasteiger partial charge on any atom is 0.243 e. The highest BCUT2D eigenvalue weighted by molar-refractivity contribution is 6.31. The van der Waals surface area contributed by atoms with Crippen molar-refractivity contribution >= 4 is 29.1 Å². The minimum absolute atomic E-state index is 0.0437. The van der Waals surface area contributed by atoms with E-state index in [0.717, 1.165) is 16.8 Å². The number of carbonyl (C=O) groups excluding carboxylic acids is 2. The van der Waals surface area contributed by atoms with Gasteiger partial charge in [0.1, 0.15) is 6.04 Å². The number of nitrogens with zero attached hydrogens (tertiary/aromatic N) is 1. The van der Waals surface area contributed by atoms with Gasteiger partial charge in [-0.3, -0.25) is 14.5 Å². The summed E-state index contributed by atoms with van der Waals surface area (Å²) < 4.78 is 0. The standard InChI is InChI=1S/C19H19ClN2O2/c1-2-18(23)22-16-10-6-4-7-13(16)11-17(22)19(24)21-12-14-8-3-5-9-15(14)20/h3-10,17H,2,11-12H2,1H3,(H,21,24)/t17-/m0/s1. The summed E-state index contributed by atoms with van der Waals surface area (Å²) in [4.78, 5) is 26.6. The molecule has 4 nitrogen and oxygen atoms in total. The topological polar surface area (TPSA) is 49.4 Å². The van der Waals surface area contributed by atoms with Crippen molar-refractivity contribution in [3.05, 3.63) is 64.7 Å². The SMILES string of the molecule is CCC(=O)N1c2ccccc2C[C@H]1C(=O)NCc1ccccc1Cl. The molecule has 3 rings (SSSR count). The van der Waals surface area contributed by atoms with Crippen LogP contribution in [0.5, 0.6) is 0 Å². The molecule has 1 heterocycles. The van der Waals surface area contributed by atoms with Crippen molar-refractivity contribution in [3.63, 3.8) is 0 Å². The van der Waals surface area contributed by atoms with Crippen molar-refractivity contribution in [2.24, 2.45) is 0 Å². The largest absolute Gasteiger partial charge is 0.350 e. The van der Waals surface area contributed by atoms with E-state index in [0.29, 0.717) is 24.4 Å². The number of para-hydroxylation sites is 1. The zero-order valence-corrected chi connectivity index (χ0v) is 14.2. The van der Waals surface area contributed by atoms with Crippen LogP contribution in [0.4, 0.5) is 5.69 Å². The number of hydrogen-bond donors (Lipinski definition) is 1. The lowest BCUT2D eigenvalue weighted by atomic mass is 10.1. The number of benzene rings is 2. The van der Waals surface area contributed by atoms with Crippen LogP contribution in [0.1, 0.15) is 24.5 Å². The molecule has 1 N–H and O–H groups in total. The summed E-state index contributed by atoms with van der Waals surface area (Å²) >= 11 is 6.13. The minimum atomic E-state index is -0.502. The molecule has 2 aromatic carbocycles. The van der Waals surface area contributed by atoms with Crippen molar-refractivity contribution in [1.82, 2.24) is 5.32 Å². The summed E-state index contributed by atoms with van der Waals surface area (Å²) in [6.07, 6.45) is 0.902. The fourth-order valence-corrected chi connectivity index (χ4v) is 3.22. The molecular weight excluding hydrogens is 324 g/mol. The number of halogens is 1. The molecule has 0 radical (unpaired) electrons. The van der Waals surface area contributed by atoms with Gasteiger partial charge in [0, 0.05) is 30.1 Å². The van der Waals surface area contributed by atoms with Gasteiger partial charge in [-0.1, -0.05) is 54.9 Å². The maximum absolute atomic E-state index is 12.7. The van der Waals surface area contributed by atoms with E-state index in [9.17, 15) is 9.59 Å². The molecule has 0 unspecified atom stereocenters. The van der Waals surface area contributed by atoms with Crippen molar-refractivity contribution in [2.75, 3.05) is 4.90 Å². The van der Waals surface area contributed by atoms with E-state index in [4.69, 9.17) is 11.6 Å². The van der Waals surface area contributed by atoms with Crippen LogP contribution in [0.15, 0.2) is 48.5 Å². The molecule has 0 spiro atoms. The third kappa shape index (κ3) is 3.15. The van der Waals surface area contributed by atoms with Gasteiger partial charge in [-0.15, -0.1) is 0 Å². The number of hydrogen-bond acceptors (Lipinski definition) is 2. The van der Waals surface area contributed by atoms with Crippen LogP contribution >= 0.6 is 11.6 Å². The van der Waals surface area contributed by atoms with E-state index in [1.165, 1.54) is 0 Å². The van der Waals surface area contributed by atoms with Crippen LogP contribution in [0, 0.1) is 0 Å². The van der Waals surface area contributed by atoms with E-state index in [1.807, 2.05) is 49.4 Å². The summed E-state index contributed by atoms with van der Waals surface area (Å²) in [5.41, 5.74) is 2.72. The van der Waals surface area contributed by atoms with Crippen molar-refractivity contribution in [3.8, 4) is 0 Å². The lowest BCUT2D eigenvalue weighted by Gasteiger charge is -2.24. The first-order valence-corrected chi connectivity index (χ1v) is 8.40. The zero-order chi connectivity index (χ0) is 17.1. The van der Waals surface area contributed by atoms with Gasteiger partial charge in [-0.2, -0.15) is 0 Å². The van der Waals surface area contributed by atoms with Gasteiger partial charge in [-0.05, 0) is 23.3 Å². The predicted molar refractivity (Wildman–Crippen MR) is 95.0 cm³/mol. The Labute approximate surface area is 146 Å². The molecule has 0 saturated heterocycles. The first-order chi connectivity index (χ1) is 11.6. The van der Waals surface area contributed by atoms with E-state index in [1.54, 1.807) is 11.0 Å². The Bertz CT molecular complexity index is 775. The second-order valence-corrected chi connectivity index (χ2v) is 6.18. The molecule has 0 aromatic heterocycles. The van der Waals surface area contributed by atoms with Crippen LogP contribution in [0.2, 0.25) is 5.02 Å². The summed E-state index contributed by atoms with van der Waals surface area (Å²) in [7, 11) is 0. The number of anilines is 1. The van der Waals surface area contributed by atoms with Crippen LogP contribution in [-0.4, -0.2) is 17.9 Å². The Morgan fingerprint density at radius 2 is 1.88 bits per heavy atom. The quantitative estimate of drug-likeness (QED) is 0.926. The number of carbonyl (C=O) groups is 2. The number of rotatable bonds is 4. The summed E-state index contributed by atoms with van der Waals surface area (Å²) in [6, 6.07) is 14.6. The lowest BCUT2D eigenvalue weighted by molar-refractivity contribution is -0.126. The Hall–Kier alpha value is -2.33. The Kier molecular flexibility index (Phi) is 4.86. The fraction of sp³-hybridized carbons (Fsp3) is 0.263. The number of fused-ring (bicyclic) bond motifs is 1. The summed E-state index contributed by atoms with van der Waals surface area (Å²) in [5, 5.41) is 3.53. The van der Waals surface area contributed by atoms with Gasteiger partial charge in [-0.25, -0.2) is 0 Å². The van der Waals surface area contributed by atoms with Crippen LogP contribution in [0.25, 0.3) is 0 Å². The average molecular weight is 343 g/mol. The lowest BCUT2D eigenvalue weighted by Crippen LogP contribution is -2.47. The van der Waals surface area contributed by atoms with Crippen LogP contribution in [0.3, 0.4) is 0 Å². The third-order valence-electron chi connectivity index (χ3n) is 4.26. The Morgan fingerprint density at radius 3 is 2.62 bits per heavy atom. The maximum atomic E-state index is 12.7. The molecule has 124 valence electrons. The highest BCUT2D eigenvalue weighted by atomic mass is 35.5. The minimum Gasteiger partial charge on any atom is -0.350 e. The van der Waals surface area contributed by atoms with Crippen molar-refractivity contribution < 1.29 is 9.59 Å². The first-order valence-electron chi connectivity index (χ1n) is 8.03. The average Bonchev–Trinajstić information content (AvgIpc) is 2.99. The molecule has 2 amide bonds. The van der Waals surface area contributed by atoms with Gasteiger partial charge < -0.3 is 5.32 Å². The number of nitrogens with one attached hydrogen (secondary N) is 1. The van der Waals surface area contributed by atoms with Crippen molar-refractivity contribution in [2.45, 2.75) is 32.4 Å². The first kappa shape index (κ1) is 16.5. The molecule has 24 heavy (non-hydrogen) atoms. The molecule has 1 atom stereocenters. The van der Waals surface area contributed by atoms with Crippen molar-refractivity contribution in [1.29, 1.82) is 0 Å². The zero-order valence-electron chi connectivity index (χ0n) is 13.5. The Morgan fingerprint density at radius 1 is 1.17 bits per heavy atom. The third-order valence-corrected chi connectivity index (χ3v) is 4.63.